The number of aromatic nitrogens is 1. The number of likely N-dealkylation sites (tertiary alicyclic amines) is 1. The van der Waals surface area contributed by atoms with Crippen molar-refractivity contribution in [1.82, 2.24) is 9.88 Å². The summed E-state index contributed by atoms with van der Waals surface area (Å²) < 4.78 is 11.9. The summed E-state index contributed by atoms with van der Waals surface area (Å²) in [6.45, 7) is 3.94. The van der Waals surface area contributed by atoms with Gasteiger partial charge in [-0.05, 0) is 57.1 Å². The Kier molecular flexibility index (Phi) is 5.31. The van der Waals surface area contributed by atoms with Gasteiger partial charge in [0.05, 0.1) is 5.69 Å². The summed E-state index contributed by atoms with van der Waals surface area (Å²) in [6.07, 6.45) is 2.11. The average Bonchev–Trinajstić information content (AvgIpc) is 3.23. The first kappa shape index (κ1) is 20.5. The highest BCUT2D eigenvalue weighted by Crippen LogP contribution is 2.29. The number of piperidine rings is 1. The summed E-state index contributed by atoms with van der Waals surface area (Å²) in [5.74, 6) is 0.601. The predicted molar refractivity (Wildman–Crippen MR) is 125 cm³/mol. The zero-order chi connectivity index (χ0) is 22.2. The molecule has 0 saturated carbocycles. The second kappa shape index (κ2) is 8.28. The number of nitrogens with zero attached hydrogens (tertiary/aromatic N) is 1. The number of nitrogens with one attached hydrogen (secondary N) is 1. The van der Waals surface area contributed by atoms with Crippen molar-refractivity contribution in [1.29, 1.82) is 0 Å². The van der Waals surface area contributed by atoms with Crippen LogP contribution in [0.25, 0.3) is 21.9 Å². The molecule has 164 valence electrons. The molecule has 5 rings (SSSR count). The van der Waals surface area contributed by atoms with Gasteiger partial charge in [-0.15, -0.1) is 0 Å². The lowest BCUT2D eigenvalue weighted by Gasteiger charge is -2.29. The number of rotatable bonds is 5. The highest BCUT2D eigenvalue weighted by molar-refractivity contribution is 6.00. The van der Waals surface area contributed by atoms with Crippen LogP contribution in [-0.2, 0) is 6.42 Å². The molecule has 1 aliphatic rings. The summed E-state index contributed by atoms with van der Waals surface area (Å²) >= 11 is 0. The van der Waals surface area contributed by atoms with Crippen molar-refractivity contribution in [3.8, 4) is 5.75 Å². The first-order valence-corrected chi connectivity index (χ1v) is 11.0. The van der Waals surface area contributed by atoms with Crippen LogP contribution in [0.15, 0.2) is 57.7 Å². The Labute approximate surface area is 185 Å². The fourth-order valence-electron chi connectivity index (χ4n) is 4.37. The molecule has 1 N–H and O–H groups in total. The summed E-state index contributed by atoms with van der Waals surface area (Å²) in [5.41, 5.74) is 2.58. The molecule has 6 nitrogen and oxygen atoms in total. The van der Waals surface area contributed by atoms with Crippen molar-refractivity contribution in [2.45, 2.75) is 32.3 Å². The SMILES string of the molecule is Cc1c(OC2CCN(C)CC2)ccc2cc(CC(=O)c3cc4ccccc4[nH]3)c(=O)oc12. The van der Waals surface area contributed by atoms with Gasteiger partial charge in [0.2, 0.25) is 0 Å². The van der Waals surface area contributed by atoms with E-state index in [0.29, 0.717) is 16.8 Å². The van der Waals surface area contributed by atoms with Crippen LogP contribution in [-0.4, -0.2) is 41.9 Å². The Hall–Kier alpha value is -3.38. The monoisotopic (exact) mass is 430 g/mol. The lowest BCUT2D eigenvalue weighted by molar-refractivity contribution is 0.0988. The van der Waals surface area contributed by atoms with Crippen molar-refractivity contribution in [3.05, 3.63) is 75.8 Å². The van der Waals surface area contributed by atoms with Gasteiger partial charge in [0, 0.05) is 46.9 Å². The number of hydrogen-bond donors (Lipinski definition) is 1. The number of H-pyrrole nitrogens is 1. The standard InChI is InChI=1S/C26H26N2O4/c1-16-24(31-20-9-11-28(2)12-10-20)8-7-18-13-19(26(30)32-25(16)18)15-23(29)22-14-17-5-3-4-6-21(17)27-22/h3-8,13-14,20,27H,9-12,15H2,1-2H3. The fraction of sp³-hybridized carbons (Fsp3) is 0.308. The average molecular weight is 431 g/mol. The molecule has 6 heteroatoms. The minimum Gasteiger partial charge on any atom is -0.490 e. The lowest BCUT2D eigenvalue weighted by atomic mass is 10.0. The van der Waals surface area contributed by atoms with Crippen LogP contribution in [0.2, 0.25) is 0 Å². The van der Waals surface area contributed by atoms with Gasteiger partial charge in [0.1, 0.15) is 17.4 Å². The minimum atomic E-state index is -0.485. The molecule has 1 aliphatic heterocycles. The molecule has 0 amide bonds. The maximum atomic E-state index is 12.8. The zero-order valence-electron chi connectivity index (χ0n) is 18.3. The topological polar surface area (TPSA) is 75.5 Å². The van der Waals surface area contributed by atoms with Crippen LogP contribution in [0.4, 0.5) is 0 Å². The summed E-state index contributed by atoms with van der Waals surface area (Å²) in [4.78, 5) is 30.9. The number of aromatic amines is 1. The number of fused-ring (bicyclic) bond motifs is 2. The van der Waals surface area contributed by atoms with Gasteiger partial charge in [-0.2, -0.15) is 0 Å². The van der Waals surface area contributed by atoms with Gasteiger partial charge in [-0.1, -0.05) is 18.2 Å². The van der Waals surface area contributed by atoms with E-state index in [1.807, 2.05) is 49.4 Å². The third-order valence-electron chi connectivity index (χ3n) is 6.31. The van der Waals surface area contributed by atoms with E-state index in [1.54, 1.807) is 6.07 Å². The maximum Gasteiger partial charge on any atom is 0.339 e. The van der Waals surface area contributed by atoms with Crippen LogP contribution in [0.1, 0.15) is 34.5 Å². The van der Waals surface area contributed by atoms with Crippen molar-refractivity contribution in [2.75, 3.05) is 20.1 Å². The largest absolute Gasteiger partial charge is 0.490 e. The first-order valence-electron chi connectivity index (χ1n) is 11.0. The number of ether oxygens (including phenoxy) is 1. The summed E-state index contributed by atoms with van der Waals surface area (Å²) in [5, 5.41) is 1.76. The van der Waals surface area contributed by atoms with E-state index in [0.717, 1.165) is 53.5 Å². The molecular weight excluding hydrogens is 404 g/mol. The number of hydrogen-bond acceptors (Lipinski definition) is 5. The maximum absolute atomic E-state index is 12.8. The molecule has 2 aromatic carbocycles. The van der Waals surface area contributed by atoms with Gasteiger partial charge in [0.15, 0.2) is 5.78 Å². The predicted octanol–water partition coefficient (Wildman–Crippen LogP) is 4.48. The van der Waals surface area contributed by atoms with E-state index in [1.165, 1.54) is 0 Å². The van der Waals surface area contributed by atoms with E-state index in [4.69, 9.17) is 9.15 Å². The van der Waals surface area contributed by atoms with E-state index < -0.39 is 5.63 Å². The number of aryl methyl sites for hydroxylation is 1. The van der Waals surface area contributed by atoms with Gasteiger partial charge in [0.25, 0.3) is 0 Å². The molecule has 3 heterocycles. The number of para-hydroxylation sites is 1. The molecule has 0 bridgehead atoms. The Bertz CT molecular complexity index is 1330. The normalized spacial score (nSPS) is 15.4. The van der Waals surface area contributed by atoms with Gasteiger partial charge >= 0.3 is 5.63 Å². The summed E-state index contributed by atoms with van der Waals surface area (Å²) in [6, 6.07) is 15.1. The number of carbonyl (C=O) groups excluding carboxylic acids is 1. The minimum absolute atomic E-state index is 0.0159. The summed E-state index contributed by atoms with van der Waals surface area (Å²) in [7, 11) is 2.12. The van der Waals surface area contributed by atoms with E-state index in [9.17, 15) is 9.59 Å². The lowest BCUT2D eigenvalue weighted by Crippen LogP contribution is -2.35. The van der Waals surface area contributed by atoms with Crippen LogP contribution >= 0.6 is 0 Å². The van der Waals surface area contributed by atoms with Crippen LogP contribution in [0.3, 0.4) is 0 Å². The molecule has 0 radical (unpaired) electrons. The number of ketones is 1. The Balaban J connectivity index is 1.39. The Morgan fingerprint density at radius 3 is 2.69 bits per heavy atom. The molecule has 0 atom stereocenters. The molecule has 0 spiro atoms. The Morgan fingerprint density at radius 1 is 1.12 bits per heavy atom. The first-order chi connectivity index (χ1) is 15.5. The number of benzene rings is 2. The highest BCUT2D eigenvalue weighted by Gasteiger charge is 2.20. The van der Waals surface area contributed by atoms with Crippen LogP contribution in [0, 0.1) is 6.92 Å². The molecule has 4 aromatic rings. The smallest absolute Gasteiger partial charge is 0.339 e. The fourth-order valence-corrected chi connectivity index (χ4v) is 4.37. The molecule has 32 heavy (non-hydrogen) atoms. The molecule has 0 aliphatic carbocycles. The van der Waals surface area contributed by atoms with Gasteiger partial charge in [-0.3, -0.25) is 4.79 Å². The van der Waals surface area contributed by atoms with E-state index in [2.05, 4.69) is 16.9 Å². The zero-order valence-corrected chi connectivity index (χ0v) is 18.3. The van der Waals surface area contributed by atoms with Crippen molar-refractivity contribution < 1.29 is 13.9 Å². The highest BCUT2D eigenvalue weighted by atomic mass is 16.5. The van der Waals surface area contributed by atoms with E-state index in [-0.39, 0.29) is 18.3 Å². The molecular formula is C26H26N2O4. The molecule has 1 fully saturated rings. The van der Waals surface area contributed by atoms with Crippen molar-refractivity contribution in [3.63, 3.8) is 0 Å². The van der Waals surface area contributed by atoms with Crippen LogP contribution in [0.5, 0.6) is 5.75 Å². The molecule has 0 unspecified atom stereocenters. The second-order valence-corrected chi connectivity index (χ2v) is 8.66. The number of Topliss-reactive ketones (excluding diaryl/α,β-unsaturated/α-hetero) is 1. The third-order valence-corrected chi connectivity index (χ3v) is 6.31. The van der Waals surface area contributed by atoms with Crippen LogP contribution < -0.4 is 10.4 Å². The second-order valence-electron chi connectivity index (χ2n) is 8.66. The molecule has 1 saturated heterocycles. The third kappa shape index (κ3) is 3.94. The Morgan fingerprint density at radius 2 is 1.91 bits per heavy atom. The van der Waals surface area contributed by atoms with Gasteiger partial charge in [-0.25, -0.2) is 4.79 Å². The molecule has 2 aromatic heterocycles. The van der Waals surface area contributed by atoms with Gasteiger partial charge < -0.3 is 19.0 Å². The van der Waals surface area contributed by atoms with Crippen molar-refractivity contribution in [2.24, 2.45) is 0 Å². The number of carbonyl (C=O) groups is 1. The van der Waals surface area contributed by atoms with Crippen molar-refractivity contribution >= 4 is 27.7 Å². The quantitative estimate of drug-likeness (QED) is 0.373. The van der Waals surface area contributed by atoms with E-state index >= 15 is 0 Å².